The number of fused-ring (bicyclic) bond motifs is 5. The Morgan fingerprint density at radius 2 is 1.53 bits per heavy atom. The lowest BCUT2D eigenvalue weighted by molar-refractivity contribution is -0.144. The third-order valence-electron chi connectivity index (χ3n) is 11.3. The fourth-order valence-corrected chi connectivity index (χ4v) is 9.75. The molecule has 0 aromatic heterocycles. The van der Waals surface area contributed by atoms with Gasteiger partial charge in [-0.2, -0.15) is 0 Å². The Kier molecular flexibility index (Phi) is 6.53. The van der Waals surface area contributed by atoms with Crippen molar-refractivity contribution in [1.29, 1.82) is 0 Å². The molecule has 4 aliphatic rings. The Morgan fingerprint density at radius 1 is 0.867 bits per heavy atom. The van der Waals surface area contributed by atoms with E-state index in [9.17, 15) is 5.11 Å². The molecular formula is C29H50O. The topological polar surface area (TPSA) is 20.2 Å². The van der Waals surface area contributed by atoms with Crippen LogP contribution in [-0.2, 0) is 0 Å². The second kappa shape index (κ2) is 8.57. The average Bonchev–Trinajstić information content (AvgIpc) is 3.05. The second-order valence-electron chi connectivity index (χ2n) is 13.0. The van der Waals surface area contributed by atoms with Crippen LogP contribution in [0.4, 0.5) is 0 Å². The fourth-order valence-electron chi connectivity index (χ4n) is 9.75. The molecule has 1 N–H and O–H groups in total. The summed E-state index contributed by atoms with van der Waals surface area (Å²) in [5.74, 6) is 6.49. The van der Waals surface area contributed by atoms with Gasteiger partial charge in [0, 0.05) is 5.92 Å². The lowest BCUT2D eigenvalue weighted by atomic mass is 9.43. The summed E-state index contributed by atoms with van der Waals surface area (Å²) >= 11 is 0. The number of aliphatic hydroxyl groups excluding tert-OH is 1. The van der Waals surface area contributed by atoms with Crippen LogP contribution in [0.1, 0.15) is 105 Å². The average molecular weight is 415 g/mol. The van der Waals surface area contributed by atoms with E-state index in [1.165, 1.54) is 64.2 Å². The van der Waals surface area contributed by atoms with Crippen molar-refractivity contribution in [2.45, 2.75) is 111 Å². The van der Waals surface area contributed by atoms with Gasteiger partial charge >= 0.3 is 0 Å². The summed E-state index contributed by atoms with van der Waals surface area (Å²) in [7, 11) is 0. The minimum atomic E-state index is -0.145. The Hall–Kier alpha value is -0.300. The van der Waals surface area contributed by atoms with Crippen LogP contribution in [0, 0.1) is 58.2 Å². The second-order valence-corrected chi connectivity index (χ2v) is 13.0. The first-order chi connectivity index (χ1) is 14.2. The molecule has 10 atom stereocenters. The first kappa shape index (κ1) is 22.9. The maximum absolute atomic E-state index is 10.6. The van der Waals surface area contributed by atoms with E-state index in [0.717, 1.165) is 41.9 Å². The van der Waals surface area contributed by atoms with E-state index >= 15 is 0 Å². The summed E-state index contributed by atoms with van der Waals surface area (Å²) in [5.41, 5.74) is 1.02. The summed E-state index contributed by atoms with van der Waals surface area (Å²) in [6, 6.07) is 0. The van der Waals surface area contributed by atoms with Gasteiger partial charge in [0.25, 0.3) is 0 Å². The summed E-state index contributed by atoms with van der Waals surface area (Å²) in [6.45, 7) is 16.8. The fraction of sp³-hybridized carbons (Fsp3) is 0.931. The molecule has 1 nitrogen and oxygen atoms in total. The number of hydrogen-bond acceptors (Lipinski definition) is 1. The lowest BCUT2D eigenvalue weighted by Gasteiger charge is -2.62. The van der Waals surface area contributed by atoms with Gasteiger partial charge < -0.3 is 5.11 Å². The van der Waals surface area contributed by atoms with Gasteiger partial charge in [-0.3, -0.25) is 0 Å². The molecule has 0 amide bonds. The standard InChI is InChI=1S/C29H50O/c1-7-21-24-12-11-22-25-14-13-23(20(4)10-8-9-19(2)3)28(25,5)17-15-26(22)29(24,6)18-16-27(21)30/h7,19-27,30H,1,8-18H2,2-6H3/t20-,21+,22+,23-,24+,25+,26+,27-,28-,29+/m1/s1. The highest BCUT2D eigenvalue weighted by atomic mass is 16.3. The Morgan fingerprint density at radius 3 is 2.23 bits per heavy atom. The maximum atomic E-state index is 10.6. The molecule has 4 fully saturated rings. The number of rotatable bonds is 6. The largest absolute Gasteiger partial charge is 0.393 e. The molecule has 0 heterocycles. The molecule has 0 radical (unpaired) electrons. The van der Waals surface area contributed by atoms with E-state index in [4.69, 9.17) is 0 Å². The summed E-state index contributed by atoms with van der Waals surface area (Å²) < 4.78 is 0. The van der Waals surface area contributed by atoms with Crippen molar-refractivity contribution < 1.29 is 5.11 Å². The molecule has 4 aliphatic carbocycles. The van der Waals surface area contributed by atoms with Crippen LogP contribution in [0.3, 0.4) is 0 Å². The zero-order chi connectivity index (χ0) is 21.7. The van der Waals surface area contributed by atoms with Crippen LogP contribution < -0.4 is 0 Å². The molecule has 0 aromatic carbocycles. The molecular weight excluding hydrogens is 364 g/mol. The van der Waals surface area contributed by atoms with Gasteiger partial charge in [0.1, 0.15) is 0 Å². The predicted molar refractivity (Wildman–Crippen MR) is 128 cm³/mol. The first-order valence-corrected chi connectivity index (χ1v) is 13.5. The van der Waals surface area contributed by atoms with E-state index in [0.29, 0.717) is 22.7 Å². The van der Waals surface area contributed by atoms with Crippen molar-refractivity contribution in [3.63, 3.8) is 0 Å². The lowest BCUT2D eigenvalue weighted by Crippen LogP contribution is -2.56. The Balaban J connectivity index is 1.49. The highest BCUT2D eigenvalue weighted by Crippen LogP contribution is 2.69. The normalized spacial score (nSPS) is 49.2. The van der Waals surface area contributed by atoms with Crippen LogP contribution in [-0.4, -0.2) is 11.2 Å². The molecule has 0 aliphatic heterocycles. The van der Waals surface area contributed by atoms with Gasteiger partial charge in [0.05, 0.1) is 6.10 Å². The minimum absolute atomic E-state index is 0.145. The smallest absolute Gasteiger partial charge is 0.0605 e. The number of hydrogen-bond donors (Lipinski definition) is 1. The van der Waals surface area contributed by atoms with Crippen molar-refractivity contribution in [1.82, 2.24) is 0 Å². The highest BCUT2D eigenvalue weighted by Gasteiger charge is 2.61. The maximum Gasteiger partial charge on any atom is 0.0605 e. The van der Waals surface area contributed by atoms with E-state index in [1.807, 2.05) is 0 Å². The molecule has 4 saturated carbocycles. The molecule has 0 unspecified atom stereocenters. The van der Waals surface area contributed by atoms with Crippen molar-refractivity contribution in [2.24, 2.45) is 58.2 Å². The van der Waals surface area contributed by atoms with Crippen molar-refractivity contribution in [2.75, 3.05) is 0 Å². The van der Waals surface area contributed by atoms with Crippen LogP contribution in [0.2, 0.25) is 0 Å². The van der Waals surface area contributed by atoms with Crippen LogP contribution >= 0.6 is 0 Å². The summed E-state index contributed by atoms with van der Waals surface area (Å²) in [6.07, 6.45) is 17.1. The van der Waals surface area contributed by atoms with Crippen LogP contribution in [0.25, 0.3) is 0 Å². The van der Waals surface area contributed by atoms with Gasteiger partial charge in [-0.25, -0.2) is 0 Å². The number of aliphatic hydroxyl groups is 1. The first-order valence-electron chi connectivity index (χ1n) is 13.5. The molecule has 1 heteroatoms. The monoisotopic (exact) mass is 414 g/mol. The third kappa shape index (κ3) is 3.64. The minimum Gasteiger partial charge on any atom is -0.393 e. The molecule has 0 bridgehead atoms. The van der Waals surface area contributed by atoms with Gasteiger partial charge in [0.15, 0.2) is 0 Å². The summed E-state index contributed by atoms with van der Waals surface area (Å²) in [5, 5.41) is 10.6. The van der Waals surface area contributed by atoms with E-state index in [1.54, 1.807) is 0 Å². The van der Waals surface area contributed by atoms with Gasteiger partial charge in [-0.1, -0.05) is 60.0 Å². The van der Waals surface area contributed by atoms with E-state index in [2.05, 4.69) is 47.3 Å². The summed E-state index contributed by atoms with van der Waals surface area (Å²) in [4.78, 5) is 0. The highest BCUT2D eigenvalue weighted by molar-refractivity contribution is 5.12. The Bertz CT molecular complexity index is 609. The van der Waals surface area contributed by atoms with E-state index < -0.39 is 0 Å². The van der Waals surface area contributed by atoms with Gasteiger partial charge in [-0.15, -0.1) is 6.58 Å². The molecule has 0 aromatic rings. The molecule has 0 saturated heterocycles. The molecule has 4 rings (SSSR count). The third-order valence-corrected chi connectivity index (χ3v) is 11.3. The Labute approximate surface area is 187 Å². The molecule has 0 spiro atoms. The van der Waals surface area contributed by atoms with Crippen molar-refractivity contribution in [3.8, 4) is 0 Å². The predicted octanol–water partition coefficient (Wildman–Crippen LogP) is 7.88. The van der Waals surface area contributed by atoms with Gasteiger partial charge in [-0.05, 0) is 104 Å². The zero-order valence-electron chi connectivity index (χ0n) is 20.7. The zero-order valence-corrected chi connectivity index (χ0v) is 20.7. The SMILES string of the molecule is C=C[C@@H]1[C@H](O)CC[C@@]2(C)[C@H]1CC[C@@H]1[C@@H]2CC[C@]2(C)[C@@H]([C@H](C)CCCC(C)C)CC[C@@H]12. The molecule has 172 valence electrons. The van der Waals surface area contributed by atoms with Crippen molar-refractivity contribution in [3.05, 3.63) is 12.7 Å². The van der Waals surface area contributed by atoms with Crippen LogP contribution in [0.15, 0.2) is 12.7 Å². The molecule has 30 heavy (non-hydrogen) atoms. The van der Waals surface area contributed by atoms with Crippen molar-refractivity contribution >= 4 is 0 Å². The van der Waals surface area contributed by atoms with E-state index in [-0.39, 0.29) is 6.10 Å². The van der Waals surface area contributed by atoms with Crippen LogP contribution in [0.5, 0.6) is 0 Å². The van der Waals surface area contributed by atoms with Gasteiger partial charge in [0.2, 0.25) is 0 Å². The quantitative estimate of drug-likeness (QED) is 0.438.